The van der Waals surface area contributed by atoms with E-state index >= 15 is 0 Å². The Labute approximate surface area is 144 Å². The van der Waals surface area contributed by atoms with E-state index in [-0.39, 0.29) is 6.61 Å². The molecular weight excluding hydrogens is 308 g/mol. The van der Waals surface area contributed by atoms with Crippen molar-refractivity contribution in [2.24, 2.45) is 0 Å². The Morgan fingerprint density at radius 1 is 1.30 bits per heavy atom. The number of nitrogens with zero attached hydrogens (tertiary/aromatic N) is 1. The number of rotatable bonds is 12. The molecule has 0 bridgehead atoms. The molecule has 128 valence electrons. The molecule has 0 aromatic heterocycles. The molecule has 1 aromatic carbocycles. The van der Waals surface area contributed by atoms with Crippen LogP contribution in [0.3, 0.4) is 0 Å². The molecule has 1 rings (SSSR count). The zero-order valence-electron chi connectivity index (χ0n) is 14.1. The van der Waals surface area contributed by atoms with E-state index in [1.54, 1.807) is 24.3 Å². The predicted octanol–water partition coefficient (Wildman–Crippen LogP) is 3.20. The van der Waals surface area contributed by atoms with Gasteiger partial charge in [0.2, 0.25) is 0 Å². The van der Waals surface area contributed by atoms with Crippen molar-refractivity contribution in [2.45, 2.75) is 44.5 Å². The maximum Gasteiger partial charge on any atom is 0.119 e. The van der Waals surface area contributed by atoms with E-state index < -0.39 is 6.10 Å². The highest BCUT2D eigenvalue weighted by Crippen LogP contribution is 2.18. The molecule has 0 radical (unpaired) electrons. The summed E-state index contributed by atoms with van der Waals surface area (Å²) in [5.74, 6) is 1.89. The van der Waals surface area contributed by atoms with Gasteiger partial charge in [-0.15, -0.1) is 0 Å². The summed E-state index contributed by atoms with van der Waals surface area (Å²) in [7, 11) is 0. The summed E-state index contributed by atoms with van der Waals surface area (Å²) in [5.41, 5.74) is 0.603. The number of aliphatic hydroxyl groups excluding tert-OH is 1. The van der Waals surface area contributed by atoms with Gasteiger partial charge >= 0.3 is 0 Å². The Balaban J connectivity index is 2.14. The topological polar surface area (TPSA) is 65.3 Å². The van der Waals surface area contributed by atoms with E-state index in [2.05, 4.69) is 25.2 Å². The minimum Gasteiger partial charge on any atom is -0.491 e. The van der Waals surface area contributed by atoms with E-state index in [1.165, 1.54) is 18.6 Å². The van der Waals surface area contributed by atoms with Gasteiger partial charge in [-0.25, -0.2) is 0 Å². The minimum absolute atomic E-state index is 0.251. The lowest BCUT2D eigenvalue weighted by molar-refractivity contribution is 0.106. The van der Waals surface area contributed by atoms with E-state index in [1.807, 2.05) is 11.8 Å². The number of benzene rings is 1. The highest BCUT2D eigenvalue weighted by atomic mass is 32.2. The highest BCUT2D eigenvalue weighted by molar-refractivity contribution is 7.99. The molecule has 0 heterocycles. The Bertz CT molecular complexity index is 459. The quantitative estimate of drug-likeness (QED) is 0.574. The Morgan fingerprint density at radius 3 is 2.65 bits per heavy atom. The van der Waals surface area contributed by atoms with Crippen LogP contribution >= 0.6 is 11.8 Å². The number of nitrogens with one attached hydrogen (secondary N) is 1. The highest BCUT2D eigenvalue weighted by Gasteiger charge is 2.08. The van der Waals surface area contributed by atoms with Gasteiger partial charge in [0.25, 0.3) is 0 Å². The predicted molar refractivity (Wildman–Crippen MR) is 97.0 cm³/mol. The third-order valence-electron chi connectivity index (χ3n) is 3.46. The molecule has 4 nitrogen and oxygen atoms in total. The monoisotopic (exact) mass is 336 g/mol. The van der Waals surface area contributed by atoms with Crippen LogP contribution in [0.5, 0.6) is 5.75 Å². The molecule has 2 N–H and O–H groups in total. The first kappa shape index (κ1) is 19.8. The second-order valence-electron chi connectivity index (χ2n) is 5.49. The first-order chi connectivity index (χ1) is 11.2. The average Bonchev–Trinajstić information content (AvgIpc) is 2.59. The first-order valence-corrected chi connectivity index (χ1v) is 9.37. The maximum atomic E-state index is 9.93. The Morgan fingerprint density at radius 2 is 2.04 bits per heavy atom. The molecule has 0 spiro atoms. The normalized spacial score (nSPS) is 13.3. The van der Waals surface area contributed by atoms with Crippen molar-refractivity contribution in [2.75, 3.05) is 25.4 Å². The van der Waals surface area contributed by atoms with Gasteiger partial charge in [-0.05, 0) is 55.8 Å². The lowest BCUT2D eigenvalue weighted by atomic mass is 10.2. The van der Waals surface area contributed by atoms with Crippen molar-refractivity contribution in [1.82, 2.24) is 5.32 Å². The minimum atomic E-state index is -0.533. The van der Waals surface area contributed by atoms with Crippen LogP contribution in [0, 0.1) is 11.3 Å². The maximum absolute atomic E-state index is 9.93. The summed E-state index contributed by atoms with van der Waals surface area (Å²) in [6.45, 7) is 6.14. The molecule has 0 saturated carbocycles. The number of thioether (sulfide) groups is 1. The second kappa shape index (κ2) is 12.2. The van der Waals surface area contributed by atoms with Crippen molar-refractivity contribution in [1.29, 1.82) is 5.26 Å². The van der Waals surface area contributed by atoms with Crippen molar-refractivity contribution in [3.8, 4) is 11.8 Å². The number of ether oxygens (including phenoxy) is 1. The van der Waals surface area contributed by atoms with Gasteiger partial charge in [0.15, 0.2) is 0 Å². The van der Waals surface area contributed by atoms with E-state index in [0.717, 1.165) is 13.0 Å². The van der Waals surface area contributed by atoms with Crippen LogP contribution in [0.2, 0.25) is 0 Å². The van der Waals surface area contributed by atoms with Crippen molar-refractivity contribution in [3.05, 3.63) is 29.8 Å². The van der Waals surface area contributed by atoms with Crippen LogP contribution < -0.4 is 10.1 Å². The standard InChI is InChI=1S/C18H28N2O2S/c1-3-11-23-18(4-2)9-10-20-13-16(21)14-22-17-7-5-15(12-19)6-8-17/h5-8,16,18,20-21H,3-4,9-11,13-14H2,1-2H3/t16-,18?/m0/s1. The largest absolute Gasteiger partial charge is 0.491 e. The zero-order valence-corrected chi connectivity index (χ0v) is 14.9. The molecule has 0 aliphatic carbocycles. The fourth-order valence-electron chi connectivity index (χ4n) is 2.10. The number of hydrogen-bond acceptors (Lipinski definition) is 5. The van der Waals surface area contributed by atoms with Crippen molar-refractivity contribution < 1.29 is 9.84 Å². The molecule has 0 aliphatic rings. The van der Waals surface area contributed by atoms with Gasteiger partial charge in [-0.1, -0.05) is 13.8 Å². The number of aliphatic hydroxyl groups is 1. The van der Waals surface area contributed by atoms with E-state index in [9.17, 15) is 5.11 Å². The average molecular weight is 337 g/mol. The van der Waals surface area contributed by atoms with Crippen LogP contribution in [-0.4, -0.2) is 41.9 Å². The summed E-state index contributed by atoms with van der Waals surface area (Å²) in [4.78, 5) is 0. The molecule has 1 aromatic rings. The molecule has 0 aliphatic heterocycles. The lowest BCUT2D eigenvalue weighted by Crippen LogP contribution is -2.32. The first-order valence-electron chi connectivity index (χ1n) is 8.32. The van der Waals surface area contributed by atoms with E-state index in [4.69, 9.17) is 10.00 Å². The molecule has 5 heteroatoms. The molecule has 2 atom stereocenters. The summed E-state index contributed by atoms with van der Waals surface area (Å²) in [6, 6.07) is 8.97. The van der Waals surface area contributed by atoms with Gasteiger partial charge < -0.3 is 15.2 Å². The van der Waals surface area contributed by atoms with Gasteiger partial charge in [0, 0.05) is 11.8 Å². The lowest BCUT2D eigenvalue weighted by Gasteiger charge is -2.16. The smallest absolute Gasteiger partial charge is 0.119 e. The van der Waals surface area contributed by atoms with Crippen LogP contribution in [0.15, 0.2) is 24.3 Å². The van der Waals surface area contributed by atoms with Crippen LogP contribution in [0.1, 0.15) is 38.7 Å². The third kappa shape index (κ3) is 8.85. The second-order valence-corrected chi connectivity index (χ2v) is 6.90. The SMILES string of the molecule is CCCSC(CC)CCNC[C@H](O)COc1ccc(C#N)cc1. The molecule has 0 saturated heterocycles. The van der Waals surface area contributed by atoms with Gasteiger partial charge in [-0.2, -0.15) is 17.0 Å². The third-order valence-corrected chi connectivity index (χ3v) is 5.15. The summed E-state index contributed by atoms with van der Waals surface area (Å²) < 4.78 is 5.52. The molecule has 23 heavy (non-hydrogen) atoms. The molecule has 1 unspecified atom stereocenters. The fraction of sp³-hybridized carbons (Fsp3) is 0.611. The molecular formula is C18H28N2O2S. The van der Waals surface area contributed by atoms with Crippen molar-refractivity contribution in [3.63, 3.8) is 0 Å². The van der Waals surface area contributed by atoms with Crippen molar-refractivity contribution >= 4 is 11.8 Å². The fourth-order valence-corrected chi connectivity index (χ4v) is 3.19. The summed E-state index contributed by atoms with van der Waals surface area (Å²) in [6.07, 6.45) is 3.01. The van der Waals surface area contributed by atoms with Gasteiger partial charge in [0.1, 0.15) is 18.5 Å². The summed E-state index contributed by atoms with van der Waals surface area (Å²) in [5, 5.41) is 22.7. The van der Waals surface area contributed by atoms with Gasteiger partial charge in [-0.3, -0.25) is 0 Å². The molecule has 0 fully saturated rings. The van der Waals surface area contributed by atoms with E-state index in [0.29, 0.717) is 23.1 Å². The Kier molecular flexibility index (Phi) is 10.5. The number of hydrogen-bond donors (Lipinski definition) is 2. The van der Waals surface area contributed by atoms with Crippen LogP contribution in [0.4, 0.5) is 0 Å². The summed E-state index contributed by atoms with van der Waals surface area (Å²) >= 11 is 2.04. The number of nitriles is 1. The van der Waals surface area contributed by atoms with Gasteiger partial charge in [0.05, 0.1) is 11.6 Å². The Hall–Kier alpha value is -1.22. The van der Waals surface area contributed by atoms with Crippen LogP contribution in [0.25, 0.3) is 0 Å². The van der Waals surface area contributed by atoms with Crippen LogP contribution in [-0.2, 0) is 0 Å². The zero-order chi connectivity index (χ0) is 16.9. The molecule has 0 amide bonds.